The third kappa shape index (κ3) is 6.29. The molecule has 0 aromatic heterocycles. The van der Waals surface area contributed by atoms with Crippen LogP contribution in [0.15, 0.2) is 48.5 Å². The zero-order valence-electron chi connectivity index (χ0n) is 16.6. The standard InChI is InChI=1S/C22H26FN3O3/c1-25(22(28)11-4-17-2-5-18(23)6-3-17)16-21(27)24-19-7-9-20(10-8-19)26-12-14-29-15-13-26/h2-3,5-10H,4,11-16H2,1H3,(H,24,27). The molecule has 0 bridgehead atoms. The monoisotopic (exact) mass is 399 g/mol. The summed E-state index contributed by atoms with van der Waals surface area (Å²) in [5, 5.41) is 2.82. The normalized spacial score (nSPS) is 13.8. The van der Waals surface area contributed by atoms with Gasteiger partial charge < -0.3 is 19.9 Å². The van der Waals surface area contributed by atoms with Crippen LogP contribution in [0.1, 0.15) is 12.0 Å². The summed E-state index contributed by atoms with van der Waals surface area (Å²) in [4.78, 5) is 28.1. The van der Waals surface area contributed by atoms with Gasteiger partial charge in [-0.2, -0.15) is 0 Å². The highest BCUT2D eigenvalue weighted by molar-refractivity contribution is 5.94. The van der Waals surface area contributed by atoms with Crippen LogP contribution in [-0.4, -0.2) is 56.6 Å². The lowest BCUT2D eigenvalue weighted by molar-refractivity contribution is -0.133. The minimum absolute atomic E-state index is 0.0204. The zero-order valence-corrected chi connectivity index (χ0v) is 16.6. The van der Waals surface area contributed by atoms with Crippen molar-refractivity contribution < 1.29 is 18.7 Å². The summed E-state index contributed by atoms with van der Waals surface area (Å²) >= 11 is 0. The van der Waals surface area contributed by atoms with E-state index in [-0.39, 0.29) is 30.6 Å². The minimum Gasteiger partial charge on any atom is -0.378 e. The van der Waals surface area contributed by atoms with E-state index >= 15 is 0 Å². The smallest absolute Gasteiger partial charge is 0.243 e. The quantitative estimate of drug-likeness (QED) is 0.778. The fourth-order valence-corrected chi connectivity index (χ4v) is 3.17. The lowest BCUT2D eigenvalue weighted by atomic mass is 10.1. The molecule has 29 heavy (non-hydrogen) atoms. The molecule has 0 spiro atoms. The molecule has 0 radical (unpaired) electrons. The van der Waals surface area contributed by atoms with E-state index in [4.69, 9.17) is 4.74 Å². The third-order valence-electron chi connectivity index (χ3n) is 4.87. The van der Waals surface area contributed by atoms with Crippen molar-refractivity contribution in [2.24, 2.45) is 0 Å². The van der Waals surface area contributed by atoms with Crippen LogP contribution >= 0.6 is 0 Å². The number of hydrogen-bond acceptors (Lipinski definition) is 4. The Morgan fingerprint density at radius 3 is 2.38 bits per heavy atom. The zero-order chi connectivity index (χ0) is 20.6. The molecule has 1 aliphatic heterocycles. The van der Waals surface area contributed by atoms with Crippen molar-refractivity contribution in [3.63, 3.8) is 0 Å². The first-order valence-electron chi connectivity index (χ1n) is 9.72. The number of amides is 2. The summed E-state index contributed by atoms with van der Waals surface area (Å²) in [6, 6.07) is 13.7. The molecule has 0 saturated carbocycles. The average Bonchev–Trinajstić information content (AvgIpc) is 2.74. The highest BCUT2D eigenvalue weighted by atomic mass is 19.1. The van der Waals surface area contributed by atoms with Crippen LogP contribution in [0.4, 0.5) is 15.8 Å². The van der Waals surface area contributed by atoms with Gasteiger partial charge in [-0.15, -0.1) is 0 Å². The molecule has 1 N–H and O–H groups in total. The van der Waals surface area contributed by atoms with Gasteiger partial charge in [0.1, 0.15) is 5.82 Å². The maximum Gasteiger partial charge on any atom is 0.243 e. The van der Waals surface area contributed by atoms with Crippen molar-refractivity contribution in [2.75, 3.05) is 50.1 Å². The average molecular weight is 399 g/mol. The van der Waals surface area contributed by atoms with Gasteiger partial charge in [0.2, 0.25) is 11.8 Å². The van der Waals surface area contributed by atoms with Gasteiger partial charge in [0.25, 0.3) is 0 Å². The number of carbonyl (C=O) groups is 2. The highest BCUT2D eigenvalue weighted by Crippen LogP contribution is 2.19. The SMILES string of the molecule is CN(CC(=O)Nc1ccc(N2CCOCC2)cc1)C(=O)CCc1ccc(F)cc1. The second kappa shape index (κ2) is 10.0. The van der Waals surface area contributed by atoms with Crippen molar-refractivity contribution in [1.82, 2.24) is 4.90 Å². The number of anilines is 2. The number of morpholine rings is 1. The van der Waals surface area contributed by atoms with Crippen molar-refractivity contribution >= 4 is 23.2 Å². The largest absolute Gasteiger partial charge is 0.378 e. The number of halogens is 1. The van der Waals surface area contributed by atoms with Gasteiger partial charge in [-0.05, 0) is 48.4 Å². The molecule has 0 unspecified atom stereocenters. The summed E-state index contributed by atoms with van der Waals surface area (Å²) in [5.41, 5.74) is 2.68. The molecular formula is C22H26FN3O3. The van der Waals surface area contributed by atoms with Crippen LogP contribution in [0, 0.1) is 5.82 Å². The Morgan fingerprint density at radius 2 is 1.72 bits per heavy atom. The summed E-state index contributed by atoms with van der Waals surface area (Å²) in [5.74, 6) is -0.680. The van der Waals surface area contributed by atoms with E-state index in [0.29, 0.717) is 12.1 Å². The lowest BCUT2D eigenvalue weighted by Gasteiger charge is -2.28. The number of ether oxygens (including phenoxy) is 1. The predicted octanol–water partition coefficient (Wildman–Crippen LogP) is 2.69. The predicted molar refractivity (Wildman–Crippen MR) is 110 cm³/mol. The van der Waals surface area contributed by atoms with E-state index < -0.39 is 0 Å². The summed E-state index contributed by atoms with van der Waals surface area (Å²) in [6.45, 7) is 3.14. The van der Waals surface area contributed by atoms with E-state index in [2.05, 4.69) is 10.2 Å². The molecule has 1 fully saturated rings. The molecule has 1 aliphatic rings. The van der Waals surface area contributed by atoms with Gasteiger partial charge in [-0.1, -0.05) is 12.1 Å². The van der Waals surface area contributed by atoms with E-state index in [1.165, 1.54) is 17.0 Å². The van der Waals surface area contributed by atoms with Crippen molar-refractivity contribution in [3.05, 3.63) is 59.9 Å². The van der Waals surface area contributed by atoms with Gasteiger partial charge >= 0.3 is 0 Å². The fourth-order valence-electron chi connectivity index (χ4n) is 3.17. The Kier molecular flexibility index (Phi) is 7.19. The Bertz CT molecular complexity index is 818. The molecule has 154 valence electrons. The van der Waals surface area contributed by atoms with Crippen LogP contribution in [-0.2, 0) is 20.7 Å². The van der Waals surface area contributed by atoms with E-state index in [1.807, 2.05) is 24.3 Å². The maximum atomic E-state index is 12.9. The Morgan fingerprint density at radius 1 is 1.07 bits per heavy atom. The number of carbonyl (C=O) groups excluding carboxylic acids is 2. The number of hydrogen-bond donors (Lipinski definition) is 1. The van der Waals surface area contributed by atoms with Crippen LogP contribution in [0.5, 0.6) is 0 Å². The minimum atomic E-state index is -0.299. The molecule has 0 atom stereocenters. The van der Waals surface area contributed by atoms with Gasteiger partial charge in [0.05, 0.1) is 19.8 Å². The molecule has 1 heterocycles. The van der Waals surface area contributed by atoms with Crippen LogP contribution in [0.2, 0.25) is 0 Å². The fraction of sp³-hybridized carbons (Fsp3) is 0.364. The summed E-state index contributed by atoms with van der Waals surface area (Å²) in [6.07, 6.45) is 0.776. The number of nitrogens with one attached hydrogen (secondary N) is 1. The van der Waals surface area contributed by atoms with Gasteiger partial charge in [0.15, 0.2) is 0 Å². The first-order valence-corrected chi connectivity index (χ1v) is 9.72. The summed E-state index contributed by atoms with van der Waals surface area (Å²) < 4.78 is 18.3. The maximum absolute atomic E-state index is 12.9. The summed E-state index contributed by atoms with van der Waals surface area (Å²) in [7, 11) is 1.61. The van der Waals surface area contributed by atoms with E-state index in [0.717, 1.165) is 37.6 Å². The topological polar surface area (TPSA) is 61.9 Å². The molecule has 2 aromatic carbocycles. The number of likely N-dealkylation sites (N-methyl/N-ethyl adjacent to an activating group) is 1. The molecular weight excluding hydrogens is 373 g/mol. The van der Waals surface area contributed by atoms with Crippen molar-refractivity contribution in [3.8, 4) is 0 Å². The molecule has 6 nitrogen and oxygen atoms in total. The van der Waals surface area contributed by atoms with Crippen LogP contribution in [0.25, 0.3) is 0 Å². The molecule has 0 aliphatic carbocycles. The highest BCUT2D eigenvalue weighted by Gasteiger charge is 2.14. The second-order valence-corrected chi connectivity index (χ2v) is 7.07. The number of rotatable bonds is 7. The van der Waals surface area contributed by atoms with Crippen molar-refractivity contribution in [1.29, 1.82) is 0 Å². The first-order chi connectivity index (χ1) is 14.0. The molecule has 2 amide bonds. The molecule has 3 rings (SSSR count). The molecule has 2 aromatic rings. The third-order valence-corrected chi connectivity index (χ3v) is 4.87. The second-order valence-electron chi connectivity index (χ2n) is 7.07. The Balaban J connectivity index is 1.44. The van der Waals surface area contributed by atoms with Crippen LogP contribution in [0.3, 0.4) is 0 Å². The number of nitrogens with zero attached hydrogens (tertiary/aromatic N) is 2. The van der Waals surface area contributed by atoms with Crippen molar-refractivity contribution in [2.45, 2.75) is 12.8 Å². The number of aryl methyl sites for hydroxylation is 1. The Labute approximate surface area is 170 Å². The lowest BCUT2D eigenvalue weighted by Crippen LogP contribution is -2.36. The molecule has 7 heteroatoms. The molecule has 1 saturated heterocycles. The van der Waals surface area contributed by atoms with Gasteiger partial charge in [-0.3, -0.25) is 9.59 Å². The van der Waals surface area contributed by atoms with E-state index in [1.54, 1.807) is 19.2 Å². The van der Waals surface area contributed by atoms with Gasteiger partial charge in [0, 0.05) is 37.9 Å². The first kappa shape index (κ1) is 20.8. The van der Waals surface area contributed by atoms with E-state index in [9.17, 15) is 14.0 Å². The number of benzene rings is 2. The Hall–Kier alpha value is -2.93. The van der Waals surface area contributed by atoms with Crippen LogP contribution < -0.4 is 10.2 Å². The van der Waals surface area contributed by atoms with Gasteiger partial charge in [-0.25, -0.2) is 4.39 Å².